The second-order valence-corrected chi connectivity index (χ2v) is 6.73. The number of amides is 1. The van der Waals surface area contributed by atoms with Crippen LogP contribution in [0, 0.1) is 6.92 Å². The normalized spacial score (nSPS) is 18.5. The van der Waals surface area contributed by atoms with Gasteiger partial charge in [-0.15, -0.1) is 0 Å². The second-order valence-electron chi connectivity index (χ2n) is 5.95. The first-order valence-corrected chi connectivity index (χ1v) is 8.42. The van der Waals surface area contributed by atoms with Crippen LogP contribution in [0.1, 0.15) is 16.7 Å². The molecule has 4 nitrogen and oxygen atoms in total. The molecule has 2 heterocycles. The summed E-state index contributed by atoms with van der Waals surface area (Å²) < 4.78 is 11.4. The average Bonchev–Trinajstić information content (AvgIpc) is 3.14. The Balaban J connectivity index is 1.82. The average molecular weight is 364 g/mol. The Morgan fingerprint density at radius 2 is 1.75 bits per heavy atom. The number of benzene rings is 2. The number of carbonyl (C=O) groups is 1. The van der Waals surface area contributed by atoms with E-state index >= 15 is 0 Å². The minimum atomic E-state index is -1.39. The zero-order valence-electron chi connectivity index (χ0n) is 13.0. The van der Waals surface area contributed by atoms with Crippen LogP contribution in [0.2, 0.25) is 10.0 Å². The van der Waals surface area contributed by atoms with Crippen LogP contribution in [0.5, 0.6) is 0 Å². The Hall–Kier alpha value is -1.59. The molecule has 2 aromatic rings. The van der Waals surface area contributed by atoms with Crippen molar-refractivity contribution in [2.75, 3.05) is 18.1 Å². The summed E-state index contributed by atoms with van der Waals surface area (Å²) in [6, 6.07) is 11.4. The summed E-state index contributed by atoms with van der Waals surface area (Å²) in [4.78, 5) is 14.7. The lowest BCUT2D eigenvalue weighted by atomic mass is 10.1. The Morgan fingerprint density at radius 1 is 1.08 bits per heavy atom. The number of anilines is 1. The van der Waals surface area contributed by atoms with Crippen molar-refractivity contribution in [3.8, 4) is 0 Å². The predicted octanol–water partition coefficient (Wildman–Crippen LogP) is 4.05. The van der Waals surface area contributed by atoms with Gasteiger partial charge >= 0.3 is 0 Å². The molecule has 6 heteroatoms. The van der Waals surface area contributed by atoms with Crippen molar-refractivity contribution < 1.29 is 14.3 Å². The van der Waals surface area contributed by atoms with Crippen LogP contribution in [0.15, 0.2) is 36.4 Å². The van der Waals surface area contributed by atoms with Gasteiger partial charge in [0.05, 0.1) is 35.5 Å². The van der Waals surface area contributed by atoms with Crippen molar-refractivity contribution in [1.82, 2.24) is 0 Å². The summed E-state index contributed by atoms with van der Waals surface area (Å²) in [6.45, 7) is 3.13. The van der Waals surface area contributed by atoms with E-state index in [1.54, 1.807) is 17.0 Å². The minimum Gasteiger partial charge on any atom is -0.336 e. The first kappa shape index (κ1) is 15.9. The molecule has 1 fully saturated rings. The molecule has 0 bridgehead atoms. The number of halogens is 2. The van der Waals surface area contributed by atoms with E-state index in [0.717, 1.165) is 11.1 Å². The molecule has 0 saturated carbocycles. The Labute approximate surface area is 149 Å². The monoisotopic (exact) mass is 363 g/mol. The summed E-state index contributed by atoms with van der Waals surface area (Å²) in [5.74, 6) is -1.66. The molecule has 0 radical (unpaired) electrons. The molecule has 0 aromatic heterocycles. The van der Waals surface area contributed by atoms with Gasteiger partial charge in [0.1, 0.15) is 0 Å². The summed E-state index contributed by atoms with van der Waals surface area (Å²) >= 11 is 12.6. The smallest absolute Gasteiger partial charge is 0.292 e. The lowest BCUT2D eigenvalue weighted by Gasteiger charge is -2.22. The topological polar surface area (TPSA) is 38.8 Å². The molecular weight excluding hydrogens is 349 g/mol. The molecule has 4 rings (SSSR count). The summed E-state index contributed by atoms with van der Waals surface area (Å²) in [5.41, 5.74) is 3.33. The Bertz CT molecular complexity index is 814. The second kappa shape index (κ2) is 5.74. The van der Waals surface area contributed by atoms with Gasteiger partial charge in [-0.25, -0.2) is 0 Å². The fourth-order valence-corrected chi connectivity index (χ4v) is 3.60. The minimum absolute atomic E-state index is 0.264. The molecule has 0 aliphatic carbocycles. The van der Waals surface area contributed by atoms with E-state index in [1.807, 2.05) is 31.2 Å². The van der Waals surface area contributed by atoms with E-state index < -0.39 is 5.79 Å². The van der Waals surface area contributed by atoms with Crippen molar-refractivity contribution in [2.24, 2.45) is 0 Å². The molecule has 0 unspecified atom stereocenters. The number of ether oxygens (including phenoxy) is 2. The van der Waals surface area contributed by atoms with Gasteiger partial charge in [0, 0.05) is 5.56 Å². The van der Waals surface area contributed by atoms with Crippen LogP contribution in [0.4, 0.5) is 5.69 Å². The fraction of sp³-hybridized carbons (Fsp3) is 0.278. The molecular formula is C18H15Cl2NO3. The fourth-order valence-electron chi connectivity index (χ4n) is 3.18. The van der Waals surface area contributed by atoms with Crippen LogP contribution in [-0.4, -0.2) is 19.1 Å². The number of aryl methyl sites for hydroxylation is 1. The van der Waals surface area contributed by atoms with Crippen molar-refractivity contribution >= 4 is 34.8 Å². The van der Waals surface area contributed by atoms with E-state index in [0.29, 0.717) is 41.1 Å². The van der Waals surface area contributed by atoms with Crippen molar-refractivity contribution in [1.29, 1.82) is 0 Å². The first-order valence-electron chi connectivity index (χ1n) is 7.67. The molecule has 0 atom stereocenters. The van der Waals surface area contributed by atoms with E-state index in [9.17, 15) is 4.79 Å². The Kier molecular flexibility index (Phi) is 3.81. The van der Waals surface area contributed by atoms with Crippen molar-refractivity contribution in [2.45, 2.75) is 19.3 Å². The molecule has 0 N–H and O–H groups in total. The van der Waals surface area contributed by atoms with Gasteiger partial charge in [-0.2, -0.15) is 0 Å². The van der Waals surface area contributed by atoms with Gasteiger partial charge in [-0.1, -0.05) is 53.0 Å². The largest absolute Gasteiger partial charge is 0.336 e. The third-order valence-corrected chi connectivity index (χ3v) is 5.17. The van der Waals surface area contributed by atoms with Crippen LogP contribution < -0.4 is 4.90 Å². The van der Waals surface area contributed by atoms with Gasteiger partial charge in [0.15, 0.2) is 0 Å². The molecule has 1 amide bonds. The third-order valence-electron chi connectivity index (χ3n) is 4.38. The van der Waals surface area contributed by atoms with Crippen molar-refractivity contribution in [3.63, 3.8) is 0 Å². The lowest BCUT2D eigenvalue weighted by Crippen LogP contribution is -2.40. The van der Waals surface area contributed by atoms with Gasteiger partial charge < -0.3 is 14.4 Å². The number of rotatable bonds is 2. The van der Waals surface area contributed by atoms with Crippen LogP contribution >= 0.6 is 23.2 Å². The number of hydrogen-bond acceptors (Lipinski definition) is 3. The standard InChI is InChI=1S/C18H15Cl2NO3/c1-11-2-4-12(5-3-11)10-21-16-13(6-7-14(19)15(16)20)18(17(21)22)23-8-9-24-18/h2-7H,8-10H2,1H3. The van der Waals surface area contributed by atoms with Crippen LogP contribution in [0.3, 0.4) is 0 Å². The number of fused-ring (bicyclic) bond motifs is 2. The highest BCUT2D eigenvalue weighted by molar-refractivity contribution is 6.44. The van der Waals surface area contributed by atoms with E-state index in [1.165, 1.54) is 0 Å². The van der Waals surface area contributed by atoms with E-state index in [-0.39, 0.29) is 5.91 Å². The predicted molar refractivity (Wildman–Crippen MR) is 92.4 cm³/mol. The van der Waals surface area contributed by atoms with Gasteiger partial charge in [-0.3, -0.25) is 4.79 Å². The van der Waals surface area contributed by atoms with Crippen molar-refractivity contribution in [3.05, 3.63) is 63.1 Å². The highest BCUT2D eigenvalue weighted by atomic mass is 35.5. The van der Waals surface area contributed by atoms with Crippen LogP contribution in [0.25, 0.3) is 0 Å². The molecule has 2 aromatic carbocycles. The molecule has 2 aliphatic rings. The summed E-state index contributed by atoms with van der Waals surface area (Å²) in [7, 11) is 0. The third kappa shape index (κ3) is 2.25. The molecule has 1 saturated heterocycles. The first-order chi connectivity index (χ1) is 11.5. The van der Waals surface area contributed by atoms with Crippen LogP contribution in [-0.2, 0) is 26.6 Å². The maximum Gasteiger partial charge on any atom is 0.292 e. The maximum atomic E-state index is 13.1. The van der Waals surface area contributed by atoms with E-state index in [2.05, 4.69) is 0 Å². The Morgan fingerprint density at radius 3 is 2.42 bits per heavy atom. The molecule has 24 heavy (non-hydrogen) atoms. The molecule has 1 spiro atoms. The molecule has 2 aliphatic heterocycles. The SMILES string of the molecule is Cc1ccc(CN2C(=O)C3(OCCO3)c3ccc(Cl)c(Cl)c32)cc1. The zero-order valence-corrected chi connectivity index (χ0v) is 14.5. The summed E-state index contributed by atoms with van der Waals surface area (Å²) in [6.07, 6.45) is 0. The number of carbonyl (C=O) groups excluding carboxylic acids is 1. The number of nitrogens with zero attached hydrogens (tertiary/aromatic N) is 1. The maximum absolute atomic E-state index is 13.1. The number of hydrogen-bond donors (Lipinski definition) is 0. The quantitative estimate of drug-likeness (QED) is 0.807. The van der Waals surface area contributed by atoms with Gasteiger partial charge in [-0.05, 0) is 24.6 Å². The summed E-state index contributed by atoms with van der Waals surface area (Å²) in [5, 5.41) is 0.734. The van der Waals surface area contributed by atoms with Gasteiger partial charge in [0.25, 0.3) is 11.7 Å². The van der Waals surface area contributed by atoms with Gasteiger partial charge in [0.2, 0.25) is 0 Å². The highest BCUT2D eigenvalue weighted by Gasteiger charge is 2.56. The highest BCUT2D eigenvalue weighted by Crippen LogP contribution is 2.50. The zero-order chi connectivity index (χ0) is 16.9. The molecule has 124 valence electrons. The lowest BCUT2D eigenvalue weighted by molar-refractivity contribution is -0.180. The van der Waals surface area contributed by atoms with E-state index in [4.69, 9.17) is 32.7 Å².